The van der Waals surface area contributed by atoms with Crippen molar-refractivity contribution < 1.29 is 22.7 Å². The van der Waals surface area contributed by atoms with Gasteiger partial charge in [-0.1, -0.05) is 48.0 Å². The van der Waals surface area contributed by atoms with Crippen LogP contribution in [0, 0.1) is 20.8 Å². The first-order valence-electron chi connectivity index (χ1n) is 10.6. The molecule has 1 aromatic heterocycles. The van der Waals surface area contributed by atoms with E-state index in [1.165, 1.54) is 12.1 Å². The first-order chi connectivity index (χ1) is 15.7. The maximum absolute atomic E-state index is 12.6. The van der Waals surface area contributed by atoms with E-state index in [0.29, 0.717) is 12.1 Å². The van der Waals surface area contributed by atoms with Crippen molar-refractivity contribution in [2.24, 2.45) is 0 Å². The topological polar surface area (TPSA) is 94.5 Å². The summed E-state index contributed by atoms with van der Waals surface area (Å²) in [7, 11) is -3.71. The Morgan fingerprint density at radius 1 is 0.970 bits per heavy atom. The second-order valence-electron chi connectivity index (χ2n) is 7.90. The number of ether oxygens (including phenoxy) is 1. The lowest BCUT2D eigenvalue weighted by atomic mass is 10.1. The number of ketones is 1. The van der Waals surface area contributed by atoms with Crippen LogP contribution in [0.25, 0.3) is 0 Å². The minimum atomic E-state index is -3.71. The third-order valence-electron chi connectivity index (χ3n) is 5.37. The van der Waals surface area contributed by atoms with Crippen LogP contribution in [0.1, 0.15) is 39.3 Å². The second-order valence-corrected chi connectivity index (χ2v) is 9.67. The van der Waals surface area contributed by atoms with Gasteiger partial charge < -0.3 is 9.30 Å². The first-order valence-corrected chi connectivity index (χ1v) is 12.1. The van der Waals surface area contributed by atoms with Gasteiger partial charge in [0.1, 0.15) is 0 Å². The molecular formula is C25H28N2O5S. The normalized spacial score (nSPS) is 11.4. The summed E-state index contributed by atoms with van der Waals surface area (Å²) < 4.78 is 34.0. The Bertz CT molecular complexity index is 1230. The standard InChI is InChI=1S/C25H28N2O5S/c1-18-9-11-22(12-10-18)33(30,31)26-14-13-25(29)32-17-24(28)23-15-19(2)27(20(23)3)16-21-7-5-4-6-8-21/h4-12,15,26H,13-14,16-17H2,1-3H3. The zero-order chi connectivity index (χ0) is 24.0. The number of Topliss-reactive ketones (excluding diaryl/α,β-unsaturated/α-hetero) is 1. The molecule has 0 spiro atoms. The molecule has 0 aliphatic carbocycles. The Morgan fingerprint density at radius 2 is 1.64 bits per heavy atom. The second kappa shape index (κ2) is 10.6. The number of carbonyl (C=O) groups excluding carboxylic acids is 2. The molecule has 7 nitrogen and oxygen atoms in total. The Balaban J connectivity index is 1.51. The van der Waals surface area contributed by atoms with Crippen LogP contribution in [-0.2, 0) is 26.1 Å². The maximum atomic E-state index is 12.6. The molecule has 0 aliphatic heterocycles. The lowest BCUT2D eigenvalue weighted by Crippen LogP contribution is -2.27. The third kappa shape index (κ3) is 6.40. The number of esters is 1. The van der Waals surface area contributed by atoms with Crippen LogP contribution >= 0.6 is 0 Å². The molecule has 0 amide bonds. The molecule has 2 aromatic carbocycles. The van der Waals surface area contributed by atoms with Crippen LogP contribution in [0.2, 0.25) is 0 Å². The van der Waals surface area contributed by atoms with Crippen LogP contribution in [0.3, 0.4) is 0 Å². The summed E-state index contributed by atoms with van der Waals surface area (Å²) in [5.41, 5.74) is 4.33. The molecule has 33 heavy (non-hydrogen) atoms. The molecule has 3 rings (SSSR count). The fourth-order valence-corrected chi connectivity index (χ4v) is 4.51. The molecule has 8 heteroatoms. The van der Waals surface area contributed by atoms with E-state index in [4.69, 9.17) is 4.74 Å². The quantitative estimate of drug-likeness (QED) is 0.363. The summed E-state index contributed by atoms with van der Waals surface area (Å²) >= 11 is 0. The molecule has 0 saturated heterocycles. The van der Waals surface area contributed by atoms with Crippen LogP contribution in [0.5, 0.6) is 0 Å². The number of nitrogens with zero attached hydrogens (tertiary/aromatic N) is 1. The van der Waals surface area contributed by atoms with Gasteiger partial charge in [-0.15, -0.1) is 0 Å². The Labute approximate surface area is 194 Å². The van der Waals surface area contributed by atoms with Crippen molar-refractivity contribution in [1.29, 1.82) is 0 Å². The van der Waals surface area contributed by atoms with Gasteiger partial charge in [-0.25, -0.2) is 13.1 Å². The van der Waals surface area contributed by atoms with E-state index >= 15 is 0 Å². The van der Waals surface area contributed by atoms with Gasteiger partial charge in [0.15, 0.2) is 6.61 Å². The van der Waals surface area contributed by atoms with E-state index < -0.39 is 16.0 Å². The van der Waals surface area contributed by atoms with Crippen LogP contribution in [0.15, 0.2) is 65.6 Å². The highest BCUT2D eigenvalue weighted by Crippen LogP contribution is 2.18. The fraction of sp³-hybridized carbons (Fsp3) is 0.280. The molecule has 0 fully saturated rings. The summed E-state index contributed by atoms with van der Waals surface area (Å²) in [6.07, 6.45) is -0.175. The van der Waals surface area contributed by atoms with Gasteiger partial charge in [0.05, 0.1) is 11.3 Å². The summed E-state index contributed by atoms with van der Waals surface area (Å²) in [6.45, 7) is 5.80. The minimum Gasteiger partial charge on any atom is -0.457 e. The summed E-state index contributed by atoms with van der Waals surface area (Å²) in [4.78, 5) is 24.8. The molecule has 3 aromatic rings. The number of carbonyl (C=O) groups is 2. The number of benzene rings is 2. The lowest BCUT2D eigenvalue weighted by Gasteiger charge is -2.10. The SMILES string of the molecule is Cc1ccc(S(=O)(=O)NCCC(=O)OCC(=O)c2cc(C)n(Cc3ccccc3)c2C)cc1. The number of sulfonamides is 1. The average molecular weight is 469 g/mol. The largest absolute Gasteiger partial charge is 0.457 e. The van der Waals surface area contributed by atoms with Gasteiger partial charge in [-0.05, 0) is 44.5 Å². The van der Waals surface area contributed by atoms with Crippen molar-refractivity contribution >= 4 is 21.8 Å². The predicted octanol–water partition coefficient (Wildman–Crippen LogP) is 3.56. The van der Waals surface area contributed by atoms with Crippen molar-refractivity contribution in [2.45, 2.75) is 38.6 Å². The van der Waals surface area contributed by atoms with E-state index in [2.05, 4.69) is 4.72 Å². The molecule has 1 heterocycles. The predicted molar refractivity (Wildman–Crippen MR) is 126 cm³/mol. The van der Waals surface area contributed by atoms with Crippen molar-refractivity contribution in [1.82, 2.24) is 9.29 Å². The number of nitrogens with one attached hydrogen (secondary N) is 1. The number of hydrogen-bond donors (Lipinski definition) is 1. The zero-order valence-corrected chi connectivity index (χ0v) is 19.8. The highest BCUT2D eigenvalue weighted by Gasteiger charge is 2.18. The van der Waals surface area contributed by atoms with E-state index in [1.54, 1.807) is 18.2 Å². The number of rotatable bonds is 10. The van der Waals surface area contributed by atoms with Crippen molar-refractivity contribution in [2.75, 3.05) is 13.2 Å². The van der Waals surface area contributed by atoms with Crippen molar-refractivity contribution in [3.63, 3.8) is 0 Å². The zero-order valence-electron chi connectivity index (χ0n) is 19.0. The van der Waals surface area contributed by atoms with Gasteiger partial charge in [0, 0.05) is 30.0 Å². The van der Waals surface area contributed by atoms with E-state index in [1.807, 2.05) is 55.7 Å². The van der Waals surface area contributed by atoms with Crippen LogP contribution < -0.4 is 4.72 Å². The Morgan fingerprint density at radius 3 is 2.30 bits per heavy atom. The number of hydrogen-bond acceptors (Lipinski definition) is 5. The lowest BCUT2D eigenvalue weighted by molar-refractivity contribution is -0.142. The highest BCUT2D eigenvalue weighted by atomic mass is 32.2. The summed E-state index contributed by atoms with van der Waals surface area (Å²) in [6, 6.07) is 18.1. The van der Waals surface area contributed by atoms with Crippen LogP contribution in [0.4, 0.5) is 0 Å². The highest BCUT2D eigenvalue weighted by molar-refractivity contribution is 7.89. The summed E-state index contributed by atoms with van der Waals surface area (Å²) in [5.74, 6) is -0.941. The Kier molecular flexibility index (Phi) is 7.84. The van der Waals surface area contributed by atoms with Crippen molar-refractivity contribution in [3.8, 4) is 0 Å². The molecule has 174 valence electrons. The van der Waals surface area contributed by atoms with Crippen LogP contribution in [-0.4, -0.2) is 37.9 Å². The monoisotopic (exact) mass is 468 g/mol. The molecule has 0 radical (unpaired) electrons. The average Bonchev–Trinajstić information content (AvgIpc) is 3.07. The minimum absolute atomic E-state index is 0.116. The number of aryl methyl sites for hydroxylation is 2. The van der Waals surface area contributed by atoms with Gasteiger partial charge in [0.25, 0.3) is 0 Å². The van der Waals surface area contributed by atoms with E-state index in [9.17, 15) is 18.0 Å². The van der Waals surface area contributed by atoms with Gasteiger partial charge in [-0.3, -0.25) is 9.59 Å². The molecule has 0 unspecified atom stereocenters. The van der Waals surface area contributed by atoms with Gasteiger partial charge in [0.2, 0.25) is 15.8 Å². The smallest absolute Gasteiger partial charge is 0.307 e. The van der Waals surface area contributed by atoms with E-state index in [0.717, 1.165) is 22.5 Å². The number of aromatic nitrogens is 1. The molecule has 0 aliphatic rings. The summed E-state index contributed by atoms with van der Waals surface area (Å²) in [5, 5.41) is 0. The molecular weight excluding hydrogens is 440 g/mol. The molecule has 0 bridgehead atoms. The maximum Gasteiger partial charge on any atom is 0.307 e. The Hall–Kier alpha value is -3.23. The van der Waals surface area contributed by atoms with E-state index in [-0.39, 0.29) is 30.3 Å². The third-order valence-corrected chi connectivity index (χ3v) is 6.85. The fourth-order valence-electron chi connectivity index (χ4n) is 3.48. The molecule has 0 saturated carbocycles. The van der Waals surface area contributed by atoms with Gasteiger partial charge in [-0.2, -0.15) is 0 Å². The van der Waals surface area contributed by atoms with Crippen molar-refractivity contribution in [3.05, 3.63) is 88.7 Å². The van der Waals surface area contributed by atoms with Gasteiger partial charge >= 0.3 is 5.97 Å². The molecule has 0 atom stereocenters. The molecule has 1 N–H and O–H groups in total. The first kappa shape index (κ1) is 24.4.